The van der Waals surface area contributed by atoms with E-state index in [1.165, 1.54) is 5.56 Å². The molecule has 1 amide bonds. The summed E-state index contributed by atoms with van der Waals surface area (Å²) in [5.41, 5.74) is -0.0847. The topological polar surface area (TPSA) is 49.9 Å². The Morgan fingerprint density at radius 2 is 1.74 bits per heavy atom. The maximum absolute atomic E-state index is 12.5. The van der Waals surface area contributed by atoms with Crippen LogP contribution in [0.4, 0.5) is 17.6 Å². The second-order valence-corrected chi connectivity index (χ2v) is 10.4. The number of carbonyl (C=O) groups excluding carboxylic acids is 2. The monoisotopic (exact) mass is 627 g/mol. The van der Waals surface area contributed by atoms with Gasteiger partial charge >= 0.3 is 28.6 Å². The van der Waals surface area contributed by atoms with Crippen LogP contribution in [0.5, 0.6) is 5.75 Å². The molecule has 1 atom stereocenters. The second-order valence-electron chi connectivity index (χ2n) is 10.4. The average molecular weight is 628 g/mol. The van der Waals surface area contributed by atoms with Gasteiger partial charge in [-0.25, -0.2) is 0 Å². The molecule has 39 heavy (non-hydrogen) atoms. The molecule has 2 saturated heterocycles. The molecule has 2 aromatic carbocycles. The van der Waals surface area contributed by atoms with Crippen molar-refractivity contribution in [2.24, 2.45) is 11.3 Å². The van der Waals surface area contributed by atoms with Crippen LogP contribution in [0.15, 0.2) is 42.5 Å². The van der Waals surface area contributed by atoms with Crippen molar-refractivity contribution in [1.29, 1.82) is 0 Å². The van der Waals surface area contributed by atoms with E-state index in [1.807, 2.05) is 11.3 Å². The minimum Gasteiger partial charge on any atom is -0.497 e. The molecule has 4 rings (SSSR count). The van der Waals surface area contributed by atoms with E-state index < -0.39 is 23.1 Å². The zero-order valence-electron chi connectivity index (χ0n) is 22.6. The van der Waals surface area contributed by atoms with E-state index in [0.717, 1.165) is 51.1 Å². The standard InChI is InChI=1S/C21H31N2O2.C8H3F4O.Nb/c1-16(2)13-20(24)23-11-9-21(10-12-23)15-22(3)14-19(21)17-5-7-18(25-4)8-6-17;9-7-2-1-6(8(10,11)12)3-5(7)4-13;/h5-8,13,16,19H,9-12,14-15H2,1-4H3;1-3H;/q2*-1;+2. The molecule has 2 aliphatic heterocycles. The van der Waals surface area contributed by atoms with E-state index in [0.29, 0.717) is 30.0 Å². The Balaban J connectivity index is 0.000000324. The van der Waals surface area contributed by atoms with Crippen molar-refractivity contribution in [1.82, 2.24) is 9.80 Å². The molecule has 2 heterocycles. The third-order valence-corrected chi connectivity index (χ3v) is 7.29. The van der Waals surface area contributed by atoms with Gasteiger partial charge in [-0.05, 0) is 48.6 Å². The summed E-state index contributed by atoms with van der Waals surface area (Å²) in [6.07, 6.45) is 0.538. The van der Waals surface area contributed by atoms with Gasteiger partial charge in [-0.15, -0.1) is 11.6 Å². The van der Waals surface area contributed by atoms with Gasteiger partial charge in [0, 0.05) is 37.9 Å². The van der Waals surface area contributed by atoms with E-state index in [9.17, 15) is 27.2 Å². The summed E-state index contributed by atoms with van der Waals surface area (Å²) in [5, 5.41) is 0. The maximum atomic E-state index is 12.5. The fourth-order valence-corrected chi connectivity index (χ4v) is 5.36. The van der Waals surface area contributed by atoms with Crippen molar-refractivity contribution < 1.29 is 54.3 Å². The van der Waals surface area contributed by atoms with E-state index in [1.54, 1.807) is 7.11 Å². The van der Waals surface area contributed by atoms with Crippen LogP contribution < -0.4 is 4.74 Å². The molecule has 0 saturated carbocycles. The summed E-state index contributed by atoms with van der Waals surface area (Å²) in [5.74, 6) is 0.955. The van der Waals surface area contributed by atoms with Gasteiger partial charge in [0.15, 0.2) is 0 Å². The molecule has 0 bridgehead atoms. The van der Waals surface area contributed by atoms with E-state index in [4.69, 9.17) is 4.74 Å². The number of likely N-dealkylation sites (N-methyl/N-ethyl adjacent to an activating group) is 1. The Morgan fingerprint density at radius 3 is 2.26 bits per heavy atom. The summed E-state index contributed by atoms with van der Waals surface area (Å²) in [7, 11) is 3.93. The molecule has 1 spiro atoms. The minimum absolute atomic E-state index is 0. The molecule has 5 nitrogen and oxygen atoms in total. The van der Waals surface area contributed by atoms with E-state index >= 15 is 0 Å². The smallest absolute Gasteiger partial charge is 0.497 e. The molecule has 2 aliphatic rings. The van der Waals surface area contributed by atoms with Gasteiger partial charge in [-0.2, -0.15) is 19.1 Å². The molecular weight excluding hydrogens is 593 g/mol. The first kappa shape index (κ1) is 32.9. The number of piperidine rings is 1. The molecule has 10 heteroatoms. The number of methoxy groups -OCH3 is 1. The normalized spacial score (nSPS) is 18.7. The predicted molar refractivity (Wildman–Crippen MR) is 137 cm³/mol. The molecule has 1 radical (unpaired) electrons. The minimum atomic E-state index is -4.57. The predicted octanol–water partition coefficient (Wildman–Crippen LogP) is 5.49. The van der Waals surface area contributed by atoms with Gasteiger partial charge < -0.3 is 30.5 Å². The summed E-state index contributed by atoms with van der Waals surface area (Å²) in [6, 6.07) is 10.1. The Bertz CT molecular complexity index is 1100. The number of likely N-dealkylation sites (tertiary alicyclic amines) is 2. The summed E-state index contributed by atoms with van der Waals surface area (Å²) in [6.45, 7) is 8.10. The largest absolute Gasteiger partial charge is 2.00 e. The third kappa shape index (κ3) is 8.33. The van der Waals surface area contributed by atoms with Crippen molar-refractivity contribution >= 4 is 12.2 Å². The van der Waals surface area contributed by atoms with Crippen LogP contribution in [0.2, 0.25) is 0 Å². The van der Waals surface area contributed by atoms with Crippen molar-refractivity contribution in [2.75, 3.05) is 40.3 Å². The average Bonchev–Trinajstić information content (AvgIpc) is 3.19. The second kappa shape index (κ2) is 13.8. The Kier molecular flexibility index (Phi) is 11.7. The molecule has 211 valence electrons. The van der Waals surface area contributed by atoms with E-state index in [2.05, 4.69) is 50.1 Å². The zero-order chi connectivity index (χ0) is 28.1. The van der Waals surface area contributed by atoms with Gasteiger partial charge in [0.25, 0.3) is 0 Å². The van der Waals surface area contributed by atoms with Crippen molar-refractivity contribution in [3.8, 4) is 5.75 Å². The number of rotatable bonds is 5. The fraction of sp³-hybridized carbons (Fsp3) is 0.483. The molecule has 0 aliphatic carbocycles. The Hall–Kier alpha value is -2.33. The van der Waals surface area contributed by atoms with Crippen LogP contribution in [-0.2, 0) is 38.1 Å². The van der Waals surface area contributed by atoms with Crippen LogP contribution >= 0.6 is 0 Å². The number of amides is 1. The quantitative estimate of drug-likeness (QED) is 0.250. The first-order valence-corrected chi connectivity index (χ1v) is 12.6. The van der Waals surface area contributed by atoms with Gasteiger partial charge in [0.05, 0.1) is 19.3 Å². The van der Waals surface area contributed by atoms with Crippen LogP contribution in [0.1, 0.15) is 49.3 Å². The third-order valence-electron chi connectivity index (χ3n) is 7.29. The summed E-state index contributed by atoms with van der Waals surface area (Å²) < 4.78 is 53.8. The van der Waals surface area contributed by atoms with Crippen LogP contribution in [0.25, 0.3) is 0 Å². The number of ether oxygens (including phenoxy) is 1. The number of hydrogen-bond acceptors (Lipinski definition) is 4. The maximum Gasteiger partial charge on any atom is 2.00 e. The van der Waals surface area contributed by atoms with Gasteiger partial charge in [0.2, 0.25) is 0 Å². The first-order chi connectivity index (χ1) is 17.9. The van der Waals surface area contributed by atoms with Crippen molar-refractivity contribution in [2.45, 2.75) is 38.8 Å². The number of halogens is 4. The van der Waals surface area contributed by atoms with Crippen LogP contribution in [-0.4, -0.2) is 62.3 Å². The molecule has 2 aromatic rings. The SMILES string of the molecule is COc1ccc(C2CN(C)CC23CCN(C(=O)[CH-]C(C)C)CC3)cc1.O=[C-]c1cc(C(F)(F)F)ccc1F.[Nb+2]. The first-order valence-electron chi connectivity index (χ1n) is 12.6. The van der Waals surface area contributed by atoms with Crippen molar-refractivity contribution in [3.05, 3.63) is 71.4 Å². The van der Waals surface area contributed by atoms with Crippen molar-refractivity contribution in [3.63, 3.8) is 0 Å². The molecule has 0 aromatic heterocycles. The fourth-order valence-electron chi connectivity index (χ4n) is 5.36. The van der Waals surface area contributed by atoms with Gasteiger partial charge in [0.1, 0.15) is 5.75 Å². The number of nitrogens with zero attached hydrogens (tertiary/aromatic N) is 2. The molecule has 1 unspecified atom stereocenters. The number of benzene rings is 2. The number of hydrogen-bond donors (Lipinski definition) is 0. The summed E-state index contributed by atoms with van der Waals surface area (Å²) in [4.78, 5) is 26.8. The molecule has 0 N–H and O–H groups in total. The molecule has 2 fully saturated rings. The number of carbonyl (C=O) groups is 1. The van der Waals surface area contributed by atoms with E-state index in [-0.39, 0.29) is 33.7 Å². The zero-order valence-corrected chi connectivity index (χ0v) is 24.8. The van der Waals surface area contributed by atoms with Crippen LogP contribution in [0, 0.1) is 23.6 Å². The van der Waals surface area contributed by atoms with Gasteiger partial charge in [-0.3, -0.25) is 4.39 Å². The summed E-state index contributed by atoms with van der Waals surface area (Å²) >= 11 is 0. The molecular formula is C29H34F4N2NbO3. The van der Waals surface area contributed by atoms with Gasteiger partial charge in [-0.1, -0.05) is 38.1 Å². The Morgan fingerprint density at radius 1 is 1.13 bits per heavy atom. The number of alkyl halides is 3. The Labute approximate surface area is 243 Å². The van der Waals surface area contributed by atoms with Crippen LogP contribution in [0.3, 0.4) is 0 Å².